The number of carbonyl (C=O) groups excluding carboxylic acids is 1. The van der Waals surface area contributed by atoms with Crippen molar-refractivity contribution in [3.63, 3.8) is 0 Å². The summed E-state index contributed by atoms with van der Waals surface area (Å²) in [4.78, 5) is 13.3. The van der Waals surface area contributed by atoms with Crippen LogP contribution in [0.3, 0.4) is 0 Å². The quantitative estimate of drug-likeness (QED) is 0.849. The van der Waals surface area contributed by atoms with E-state index in [9.17, 15) is 4.79 Å². The second-order valence-corrected chi connectivity index (χ2v) is 5.17. The van der Waals surface area contributed by atoms with E-state index in [-0.39, 0.29) is 0 Å². The van der Waals surface area contributed by atoms with Crippen LogP contribution in [0.2, 0.25) is 0 Å². The van der Waals surface area contributed by atoms with Gasteiger partial charge in [0.2, 0.25) is 5.88 Å². The van der Waals surface area contributed by atoms with Crippen molar-refractivity contribution in [2.45, 2.75) is 6.92 Å². The Balaban J connectivity index is 2.32. The van der Waals surface area contributed by atoms with Crippen molar-refractivity contribution in [1.82, 2.24) is 14.7 Å². The van der Waals surface area contributed by atoms with E-state index >= 15 is 0 Å². The minimum Gasteiger partial charge on any atom is -0.475 e. The highest BCUT2D eigenvalue weighted by Crippen LogP contribution is 2.28. The molecule has 0 aliphatic rings. The molecule has 0 bridgehead atoms. The third-order valence-corrected chi connectivity index (χ3v) is 3.10. The fraction of sp³-hybridized carbons (Fsp3) is 0.333. The van der Waals surface area contributed by atoms with Gasteiger partial charge in [0, 0.05) is 6.54 Å². The number of amides is 2. The largest absolute Gasteiger partial charge is 0.475 e. The van der Waals surface area contributed by atoms with Crippen LogP contribution < -0.4 is 15.8 Å². The zero-order valence-corrected chi connectivity index (χ0v) is 13.0. The average Bonchev–Trinajstić information content (AvgIpc) is 2.77. The number of hydrogen-bond acceptors (Lipinski definition) is 4. The van der Waals surface area contributed by atoms with Crippen LogP contribution in [0.15, 0.2) is 30.3 Å². The number of likely N-dealkylation sites (N-methyl/N-ethyl adjacent to an activating group) is 1. The van der Waals surface area contributed by atoms with Crippen LogP contribution in [0.5, 0.6) is 5.88 Å². The summed E-state index contributed by atoms with van der Waals surface area (Å²) in [6.45, 7) is 3.12. The van der Waals surface area contributed by atoms with Crippen LogP contribution in [-0.4, -0.2) is 48.0 Å². The maximum absolute atomic E-state index is 11.2. The van der Waals surface area contributed by atoms with Crippen LogP contribution >= 0.6 is 0 Å². The first-order chi connectivity index (χ1) is 10.5. The number of para-hydroxylation sites is 1. The lowest BCUT2D eigenvalue weighted by Crippen LogP contribution is -2.21. The van der Waals surface area contributed by atoms with Gasteiger partial charge in [-0.3, -0.25) is 5.32 Å². The second-order valence-electron chi connectivity index (χ2n) is 5.17. The molecule has 0 saturated heterocycles. The molecule has 7 nitrogen and oxygen atoms in total. The fourth-order valence-electron chi connectivity index (χ4n) is 1.96. The third kappa shape index (κ3) is 3.76. The van der Waals surface area contributed by atoms with E-state index in [1.165, 1.54) is 0 Å². The van der Waals surface area contributed by atoms with Gasteiger partial charge in [-0.25, -0.2) is 9.48 Å². The molecule has 1 heterocycles. The summed E-state index contributed by atoms with van der Waals surface area (Å²) in [6.07, 6.45) is 0. The number of aromatic nitrogens is 2. The van der Waals surface area contributed by atoms with E-state index in [0.29, 0.717) is 18.3 Å². The van der Waals surface area contributed by atoms with E-state index in [1.807, 2.05) is 56.3 Å². The number of primary amides is 1. The van der Waals surface area contributed by atoms with E-state index in [1.54, 1.807) is 4.68 Å². The van der Waals surface area contributed by atoms with Gasteiger partial charge in [-0.15, -0.1) is 5.10 Å². The smallest absolute Gasteiger partial charge is 0.317 e. The molecule has 2 aromatic rings. The lowest BCUT2D eigenvalue weighted by Gasteiger charge is -2.09. The van der Waals surface area contributed by atoms with Gasteiger partial charge in [-0.1, -0.05) is 18.2 Å². The molecule has 1 aromatic carbocycles. The highest BCUT2D eigenvalue weighted by molar-refractivity contribution is 5.88. The summed E-state index contributed by atoms with van der Waals surface area (Å²) in [6, 6.07) is 8.85. The molecule has 22 heavy (non-hydrogen) atoms. The molecule has 0 spiro atoms. The number of benzene rings is 1. The van der Waals surface area contributed by atoms with E-state index in [2.05, 4.69) is 10.4 Å². The van der Waals surface area contributed by atoms with E-state index in [0.717, 1.165) is 17.8 Å². The van der Waals surface area contributed by atoms with Crippen LogP contribution in [-0.2, 0) is 0 Å². The second kappa shape index (κ2) is 6.95. The first-order valence-electron chi connectivity index (χ1n) is 6.98. The van der Waals surface area contributed by atoms with Crippen molar-refractivity contribution in [1.29, 1.82) is 0 Å². The standard InChI is InChI=1S/C15H21N5O2/c1-11-13(17-15(16)21)20(12-7-5-4-6-8-12)18-14(11)22-10-9-19(2)3/h4-8H,9-10H2,1-3H3,(H3,16,17,21). The molecule has 0 aliphatic carbocycles. The molecule has 0 fully saturated rings. The Morgan fingerprint density at radius 1 is 1.36 bits per heavy atom. The minimum atomic E-state index is -0.639. The normalized spacial score (nSPS) is 10.7. The molecule has 2 rings (SSSR count). The number of hydrogen-bond donors (Lipinski definition) is 2. The van der Waals surface area contributed by atoms with Crippen molar-refractivity contribution in [2.24, 2.45) is 5.73 Å². The highest BCUT2D eigenvalue weighted by atomic mass is 16.5. The van der Waals surface area contributed by atoms with Crippen LogP contribution in [0.4, 0.5) is 10.6 Å². The van der Waals surface area contributed by atoms with E-state index in [4.69, 9.17) is 10.5 Å². The molecular formula is C15H21N5O2. The predicted octanol–water partition coefficient (Wildman–Crippen LogP) is 1.61. The SMILES string of the molecule is Cc1c(OCCN(C)C)nn(-c2ccccc2)c1NC(N)=O. The molecule has 0 unspecified atom stereocenters. The molecule has 2 amide bonds. The number of nitrogens with zero attached hydrogens (tertiary/aromatic N) is 3. The Bertz CT molecular complexity index is 637. The third-order valence-electron chi connectivity index (χ3n) is 3.10. The Morgan fingerprint density at radius 2 is 2.05 bits per heavy atom. The first-order valence-corrected chi connectivity index (χ1v) is 6.98. The number of nitrogens with one attached hydrogen (secondary N) is 1. The summed E-state index contributed by atoms with van der Waals surface area (Å²) in [7, 11) is 3.94. The predicted molar refractivity (Wildman–Crippen MR) is 85.6 cm³/mol. The number of carbonyl (C=O) groups is 1. The summed E-state index contributed by atoms with van der Waals surface area (Å²) in [5.41, 5.74) is 6.80. The van der Waals surface area contributed by atoms with E-state index < -0.39 is 6.03 Å². The Labute approximate surface area is 129 Å². The van der Waals surface area contributed by atoms with Gasteiger partial charge >= 0.3 is 6.03 Å². The Kier molecular flexibility index (Phi) is 5.00. The number of rotatable bonds is 6. The Morgan fingerprint density at radius 3 is 2.64 bits per heavy atom. The van der Waals surface area contributed by atoms with Gasteiger partial charge in [0.05, 0.1) is 11.3 Å². The zero-order chi connectivity index (χ0) is 16.1. The number of ether oxygens (including phenoxy) is 1. The first kappa shape index (κ1) is 15.8. The Hall–Kier alpha value is -2.54. The van der Waals surface area contributed by atoms with Crippen LogP contribution in [0.1, 0.15) is 5.56 Å². The van der Waals surface area contributed by atoms with Crippen molar-refractivity contribution >= 4 is 11.8 Å². The molecule has 0 radical (unpaired) electrons. The lowest BCUT2D eigenvalue weighted by molar-refractivity contribution is 0.251. The minimum absolute atomic E-state index is 0.481. The maximum Gasteiger partial charge on any atom is 0.317 e. The number of urea groups is 1. The van der Waals surface area contributed by atoms with Gasteiger partial charge in [-0.05, 0) is 33.2 Å². The highest BCUT2D eigenvalue weighted by Gasteiger charge is 2.18. The molecule has 1 aromatic heterocycles. The molecule has 0 saturated carbocycles. The monoisotopic (exact) mass is 303 g/mol. The van der Waals surface area contributed by atoms with Gasteiger partial charge in [-0.2, -0.15) is 0 Å². The van der Waals surface area contributed by atoms with Crippen molar-refractivity contribution < 1.29 is 9.53 Å². The zero-order valence-electron chi connectivity index (χ0n) is 13.0. The van der Waals surface area contributed by atoms with Crippen molar-refractivity contribution in [2.75, 3.05) is 32.6 Å². The van der Waals surface area contributed by atoms with Crippen molar-refractivity contribution in [3.8, 4) is 11.6 Å². The number of nitrogens with two attached hydrogens (primary N) is 1. The fourth-order valence-corrected chi connectivity index (χ4v) is 1.96. The number of anilines is 1. The average molecular weight is 303 g/mol. The molecule has 0 atom stereocenters. The van der Waals surface area contributed by atoms with Crippen LogP contribution in [0.25, 0.3) is 5.69 Å². The lowest BCUT2D eigenvalue weighted by atomic mass is 10.3. The summed E-state index contributed by atoms with van der Waals surface area (Å²) in [5, 5.41) is 7.04. The molecule has 3 N–H and O–H groups in total. The molecule has 118 valence electrons. The maximum atomic E-state index is 11.2. The van der Waals surface area contributed by atoms with Crippen LogP contribution in [0, 0.1) is 6.92 Å². The molecule has 7 heteroatoms. The summed E-state index contributed by atoms with van der Waals surface area (Å²) in [5.74, 6) is 0.994. The summed E-state index contributed by atoms with van der Waals surface area (Å²) >= 11 is 0. The van der Waals surface area contributed by atoms with Gasteiger partial charge in [0.15, 0.2) is 0 Å². The molecule has 0 aliphatic heterocycles. The summed E-state index contributed by atoms with van der Waals surface area (Å²) < 4.78 is 7.32. The van der Waals surface area contributed by atoms with Gasteiger partial charge in [0.1, 0.15) is 12.4 Å². The van der Waals surface area contributed by atoms with Gasteiger partial charge in [0.25, 0.3) is 0 Å². The van der Waals surface area contributed by atoms with Gasteiger partial charge < -0.3 is 15.4 Å². The van der Waals surface area contributed by atoms with Crippen molar-refractivity contribution in [3.05, 3.63) is 35.9 Å². The molecular weight excluding hydrogens is 282 g/mol. The topological polar surface area (TPSA) is 85.4 Å².